The summed E-state index contributed by atoms with van der Waals surface area (Å²) in [5, 5.41) is 4.83. The van der Waals surface area contributed by atoms with Crippen LogP contribution in [0.15, 0.2) is 24.3 Å². The third kappa shape index (κ3) is 6.95. The van der Waals surface area contributed by atoms with Crippen LogP contribution >= 0.6 is 0 Å². The van der Waals surface area contributed by atoms with Crippen LogP contribution < -0.4 is 21.5 Å². The Morgan fingerprint density at radius 3 is 2.38 bits per heavy atom. The molecule has 21 heavy (non-hydrogen) atoms. The lowest BCUT2D eigenvalue weighted by Crippen LogP contribution is -2.34. The number of anilines is 2. The van der Waals surface area contributed by atoms with Gasteiger partial charge >= 0.3 is 6.03 Å². The maximum Gasteiger partial charge on any atom is 0.325 e. The number of hydrazine groups is 1. The summed E-state index contributed by atoms with van der Waals surface area (Å²) < 4.78 is 0. The summed E-state index contributed by atoms with van der Waals surface area (Å²) >= 11 is 0. The van der Waals surface area contributed by atoms with Crippen molar-refractivity contribution in [3.05, 3.63) is 24.3 Å². The number of hydrogen-bond donors (Lipinski definition) is 4. The lowest BCUT2D eigenvalue weighted by Gasteiger charge is -2.08. The fraction of sp³-hybridized carbons (Fsp3) is 0.357. The third-order valence-corrected chi connectivity index (χ3v) is 2.68. The van der Waals surface area contributed by atoms with Crippen LogP contribution in [0.3, 0.4) is 0 Å². The van der Waals surface area contributed by atoms with Crippen molar-refractivity contribution in [2.45, 2.75) is 32.6 Å². The molecule has 0 aliphatic rings. The van der Waals surface area contributed by atoms with E-state index < -0.39 is 6.03 Å². The second kappa shape index (κ2) is 9.35. The quantitative estimate of drug-likeness (QED) is 0.334. The van der Waals surface area contributed by atoms with E-state index in [0.717, 1.165) is 19.3 Å². The lowest BCUT2D eigenvalue weighted by atomic mass is 10.2. The van der Waals surface area contributed by atoms with Gasteiger partial charge in [0.05, 0.1) is 5.69 Å². The van der Waals surface area contributed by atoms with Gasteiger partial charge in [0, 0.05) is 12.1 Å². The number of nitrogens with one attached hydrogen (secondary N) is 4. The highest BCUT2D eigenvalue weighted by atomic mass is 16.2. The van der Waals surface area contributed by atoms with E-state index in [1.807, 2.05) is 6.92 Å². The van der Waals surface area contributed by atoms with E-state index in [9.17, 15) is 14.4 Å². The van der Waals surface area contributed by atoms with E-state index in [0.29, 0.717) is 24.2 Å². The Morgan fingerprint density at radius 2 is 1.76 bits per heavy atom. The number of benzene rings is 1. The average molecular weight is 292 g/mol. The molecule has 0 fully saturated rings. The summed E-state index contributed by atoms with van der Waals surface area (Å²) in [6.07, 6.45) is 3.64. The van der Waals surface area contributed by atoms with Crippen molar-refractivity contribution in [2.75, 3.05) is 10.7 Å². The van der Waals surface area contributed by atoms with Gasteiger partial charge in [0.1, 0.15) is 0 Å². The molecule has 0 saturated heterocycles. The fourth-order valence-corrected chi connectivity index (χ4v) is 1.64. The highest BCUT2D eigenvalue weighted by Gasteiger charge is 2.07. The second-order valence-electron chi connectivity index (χ2n) is 4.42. The van der Waals surface area contributed by atoms with E-state index in [-0.39, 0.29) is 5.91 Å². The molecule has 4 N–H and O–H groups in total. The average Bonchev–Trinajstić information content (AvgIpc) is 2.46. The van der Waals surface area contributed by atoms with E-state index in [1.165, 1.54) is 0 Å². The number of carbonyl (C=O) groups excluding carboxylic acids is 3. The summed E-state index contributed by atoms with van der Waals surface area (Å²) in [7, 11) is 0. The Balaban J connectivity index is 2.36. The summed E-state index contributed by atoms with van der Waals surface area (Å²) in [5.74, 6) is -0.283. The van der Waals surface area contributed by atoms with Crippen molar-refractivity contribution in [3.63, 3.8) is 0 Å². The first kappa shape index (κ1) is 16.5. The number of amides is 4. The van der Waals surface area contributed by atoms with Gasteiger partial charge in [-0.3, -0.25) is 25.8 Å². The van der Waals surface area contributed by atoms with Crippen LogP contribution in [-0.4, -0.2) is 18.3 Å². The standard InChI is InChI=1S/C14H20N4O3/c1-2-3-4-5-13(20)17-14(21)16-11-6-8-12(9-7-11)18-15-10-19/h6-10,18H,2-5H2,1H3,(H,15,19)(H2,16,17,20,21). The maximum atomic E-state index is 11.6. The Labute approximate surface area is 123 Å². The second-order valence-corrected chi connectivity index (χ2v) is 4.42. The minimum atomic E-state index is -0.553. The van der Waals surface area contributed by atoms with Crippen LogP contribution in [-0.2, 0) is 9.59 Å². The normalized spacial score (nSPS) is 9.57. The van der Waals surface area contributed by atoms with Crippen molar-refractivity contribution in [1.29, 1.82) is 0 Å². The largest absolute Gasteiger partial charge is 0.325 e. The molecule has 0 atom stereocenters. The summed E-state index contributed by atoms with van der Waals surface area (Å²) in [5.41, 5.74) is 6.15. The van der Waals surface area contributed by atoms with E-state index in [2.05, 4.69) is 21.5 Å². The molecule has 0 bridgehead atoms. The summed E-state index contributed by atoms with van der Waals surface area (Å²) in [6, 6.07) is 6.10. The lowest BCUT2D eigenvalue weighted by molar-refractivity contribution is -0.120. The van der Waals surface area contributed by atoms with Crippen LogP contribution in [0.2, 0.25) is 0 Å². The number of imide groups is 1. The van der Waals surface area contributed by atoms with Crippen molar-refractivity contribution >= 4 is 29.7 Å². The van der Waals surface area contributed by atoms with Gasteiger partial charge in [-0.25, -0.2) is 4.79 Å². The van der Waals surface area contributed by atoms with Gasteiger partial charge in [0.25, 0.3) is 0 Å². The molecule has 0 saturated carbocycles. The monoisotopic (exact) mass is 292 g/mol. The van der Waals surface area contributed by atoms with Gasteiger partial charge in [0.2, 0.25) is 12.3 Å². The molecular weight excluding hydrogens is 272 g/mol. The molecule has 0 aliphatic heterocycles. The van der Waals surface area contributed by atoms with Crippen LogP contribution in [0.25, 0.3) is 0 Å². The number of unbranched alkanes of at least 4 members (excludes halogenated alkanes) is 2. The highest BCUT2D eigenvalue weighted by molar-refractivity contribution is 6.01. The molecule has 0 spiro atoms. The molecule has 0 aliphatic carbocycles. The van der Waals surface area contributed by atoms with Crippen molar-refractivity contribution in [3.8, 4) is 0 Å². The fourth-order valence-electron chi connectivity index (χ4n) is 1.64. The Morgan fingerprint density at radius 1 is 1.10 bits per heavy atom. The molecule has 7 heteroatoms. The topological polar surface area (TPSA) is 99.3 Å². The van der Waals surface area contributed by atoms with Crippen molar-refractivity contribution < 1.29 is 14.4 Å². The van der Waals surface area contributed by atoms with Gasteiger partial charge in [-0.2, -0.15) is 0 Å². The molecule has 0 aromatic heterocycles. The molecule has 1 aromatic carbocycles. The zero-order valence-corrected chi connectivity index (χ0v) is 11.9. The first-order valence-electron chi connectivity index (χ1n) is 6.81. The molecule has 4 amide bonds. The minimum Gasteiger partial charge on any atom is -0.308 e. The molecule has 114 valence electrons. The first-order valence-corrected chi connectivity index (χ1v) is 6.81. The van der Waals surface area contributed by atoms with Crippen LogP contribution in [0, 0.1) is 0 Å². The third-order valence-electron chi connectivity index (χ3n) is 2.68. The van der Waals surface area contributed by atoms with E-state index >= 15 is 0 Å². The van der Waals surface area contributed by atoms with Gasteiger partial charge in [-0.1, -0.05) is 19.8 Å². The predicted molar refractivity (Wildman–Crippen MR) is 80.6 cm³/mol. The van der Waals surface area contributed by atoms with Gasteiger partial charge < -0.3 is 5.32 Å². The molecule has 0 unspecified atom stereocenters. The zero-order valence-electron chi connectivity index (χ0n) is 11.9. The number of hydrogen-bond acceptors (Lipinski definition) is 4. The molecular formula is C14H20N4O3. The van der Waals surface area contributed by atoms with Crippen molar-refractivity contribution in [2.24, 2.45) is 0 Å². The molecule has 1 aromatic rings. The van der Waals surface area contributed by atoms with Gasteiger partial charge in [-0.15, -0.1) is 0 Å². The minimum absolute atomic E-state index is 0.283. The number of carbonyl (C=O) groups is 3. The smallest absolute Gasteiger partial charge is 0.308 e. The van der Waals surface area contributed by atoms with E-state index in [4.69, 9.17) is 0 Å². The Hall–Kier alpha value is -2.57. The SMILES string of the molecule is CCCCCC(=O)NC(=O)Nc1ccc(NNC=O)cc1. The summed E-state index contributed by atoms with van der Waals surface area (Å²) in [6.45, 7) is 2.05. The molecule has 0 heterocycles. The Kier molecular flexibility index (Phi) is 7.34. The van der Waals surface area contributed by atoms with Gasteiger partial charge in [-0.05, 0) is 30.7 Å². The Bertz CT molecular complexity index is 474. The zero-order chi connectivity index (χ0) is 15.5. The molecule has 7 nitrogen and oxygen atoms in total. The van der Waals surface area contributed by atoms with E-state index in [1.54, 1.807) is 24.3 Å². The molecule has 1 rings (SSSR count). The van der Waals surface area contributed by atoms with Crippen LogP contribution in [0.5, 0.6) is 0 Å². The number of rotatable bonds is 8. The highest BCUT2D eigenvalue weighted by Crippen LogP contribution is 2.12. The van der Waals surface area contributed by atoms with Crippen molar-refractivity contribution in [1.82, 2.24) is 10.7 Å². The predicted octanol–water partition coefficient (Wildman–Crippen LogP) is 1.99. The molecule has 0 radical (unpaired) electrons. The number of urea groups is 1. The summed E-state index contributed by atoms with van der Waals surface area (Å²) in [4.78, 5) is 33.2. The van der Waals surface area contributed by atoms with Crippen LogP contribution in [0.4, 0.5) is 16.2 Å². The van der Waals surface area contributed by atoms with Gasteiger partial charge in [0.15, 0.2) is 0 Å². The maximum absolute atomic E-state index is 11.6. The van der Waals surface area contributed by atoms with Crippen LogP contribution in [0.1, 0.15) is 32.6 Å². The first-order chi connectivity index (χ1) is 10.2.